The second kappa shape index (κ2) is 11.6. The lowest BCUT2D eigenvalue weighted by molar-refractivity contribution is -0.132. The van der Waals surface area contributed by atoms with Gasteiger partial charge < -0.3 is 20.1 Å². The highest BCUT2D eigenvalue weighted by Crippen LogP contribution is 1.95. The smallest absolute Gasteiger partial charge is 0.248 e. The number of ether oxygens (including phenoxy) is 2. The molecule has 0 saturated carbocycles. The van der Waals surface area contributed by atoms with Crippen LogP contribution in [-0.4, -0.2) is 49.3 Å². The predicted octanol–water partition coefficient (Wildman–Crippen LogP) is 0.646. The summed E-state index contributed by atoms with van der Waals surface area (Å²) in [5.41, 5.74) is 0.980. The molecule has 2 N–H and O–H groups in total. The van der Waals surface area contributed by atoms with E-state index in [9.17, 15) is 9.59 Å². The Kier molecular flexibility index (Phi) is 9.58. The number of carbonyl (C=O) groups excluding carboxylic acids is 2. The summed E-state index contributed by atoms with van der Waals surface area (Å²) in [6.45, 7) is 5.76. The van der Waals surface area contributed by atoms with E-state index in [0.29, 0.717) is 26.4 Å². The Hall–Kier alpha value is -1.99. The number of aromatic nitrogens is 1. The molecule has 0 spiro atoms. The van der Waals surface area contributed by atoms with Gasteiger partial charge in [0.1, 0.15) is 6.10 Å². The van der Waals surface area contributed by atoms with Gasteiger partial charge in [-0.05, 0) is 31.5 Å². The van der Waals surface area contributed by atoms with Crippen molar-refractivity contribution >= 4 is 11.8 Å². The van der Waals surface area contributed by atoms with Crippen molar-refractivity contribution in [3.05, 3.63) is 30.1 Å². The zero-order chi connectivity index (χ0) is 16.9. The quantitative estimate of drug-likeness (QED) is 0.584. The molecule has 1 aromatic rings. The second-order valence-corrected chi connectivity index (χ2v) is 4.88. The van der Waals surface area contributed by atoms with Crippen molar-refractivity contribution in [2.24, 2.45) is 0 Å². The first kappa shape index (κ1) is 19.1. The first-order valence-electron chi connectivity index (χ1n) is 7.76. The van der Waals surface area contributed by atoms with Gasteiger partial charge in [0.2, 0.25) is 11.8 Å². The lowest BCUT2D eigenvalue weighted by Crippen LogP contribution is -2.37. The molecule has 1 aromatic heterocycles. The van der Waals surface area contributed by atoms with Gasteiger partial charge >= 0.3 is 0 Å². The van der Waals surface area contributed by atoms with E-state index in [1.165, 1.54) is 0 Å². The van der Waals surface area contributed by atoms with Crippen LogP contribution < -0.4 is 10.6 Å². The fourth-order valence-corrected chi connectivity index (χ4v) is 1.74. The van der Waals surface area contributed by atoms with Crippen molar-refractivity contribution in [3.8, 4) is 0 Å². The molecule has 0 bridgehead atoms. The maximum Gasteiger partial charge on any atom is 0.248 e. The molecule has 0 radical (unpaired) electrons. The Bertz CT molecular complexity index is 468. The molecule has 7 nitrogen and oxygen atoms in total. The Labute approximate surface area is 136 Å². The number of amides is 2. The molecule has 0 aliphatic rings. The van der Waals surface area contributed by atoms with Crippen LogP contribution in [0.3, 0.4) is 0 Å². The largest absolute Gasteiger partial charge is 0.379 e. The number of pyridine rings is 1. The third-order valence-electron chi connectivity index (χ3n) is 3.06. The molecule has 0 unspecified atom stereocenters. The summed E-state index contributed by atoms with van der Waals surface area (Å²) in [7, 11) is 0. The normalized spacial score (nSPS) is 11.7. The topological polar surface area (TPSA) is 89.5 Å². The number of nitrogens with one attached hydrogen (secondary N) is 2. The number of nitrogens with zero attached hydrogens (tertiary/aromatic N) is 1. The predicted molar refractivity (Wildman–Crippen MR) is 85.6 cm³/mol. The van der Waals surface area contributed by atoms with Crippen LogP contribution in [0.4, 0.5) is 0 Å². The van der Waals surface area contributed by atoms with E-state index in [4.69, 9.17) is 9.47 Å². The SMILES string of the molecule is CCOCCO[C@H](C)C(=O)NCCC(=O)NCc1ccncc1. The molecule has 0 fully saturated rings. The number of hydrogen-bond donors (Lipinski definition) is 2. The monoisotopic (exact) mass is 323 g/mol. The maximum absolute atomic E-state index is 11.8. The van der Waals surface area contributed by atoms with Crippen molar-refractivity contribution in [1.29, 1.82) is 0 Å². The Morgan fingerprint density at radius 1 is 1.22 bits per heavy atom. The van der Waals surface area contributed by atoms with Crippen LogP contribution in [0.5, 0.6) is 0 Å². The molecule has 1 heterocycles. The Morgan fingerprint density at radius 3 is 2.65 bits per heavy atom. The standard InChI is InChI=1S/C16H25N3O4/c1-3-22-10-11-23-13(2)16(21)18-9-6-15(20)19-12-14-4-7-17-8-5-14/h4-5,7-8,13H,3,6,9-12H2,1-2H3,(H,18,21)(H,19,20)/t13-/m1/s1. The summed E-state index contributed by atoms with van der Waals surface area (Å²) >= 11 is 0. The summed E-state index contributed by atoms with van der Waals surface area (Å²) in [5.74, 6) is -0.351. The third kappa shape index (κ3) is 8.90. The average Bonchev–Trinajstić information content (AvgIpc) is 2.57. The van der Waals surface area contributed by atoms with Crippen molar-refractivity contribution in [3.63, 3.8) is 0 Å². The van der Waals surface area contributed by atoms with Crippen molar-refractivity contribution < 1.29 is 19.1 Å². The van der Waals surface area contributed by atoms with Crippen molar-refractivity contribution in [2.75, 3.05) is 26.4 Å². The number of carbonyl (C=O) groups is 2. The van der Waals surface area contributed by atoms with Gasteiger partial charge in [0.25, 0.3) is 0 Å². The zero-order valence-corrected chi connectivity index (χ0v) is 13.7. The van der Waals surface area contributed by atoms with E-state index in [1.54, 1.807) is 19.3 Å². The lowest BCUT2D eigenvalue weighted by Gasteiger charge is -2.13. The zero-order valence-electron chi connectivity index (χ0n) is 13.7. The van der Waals surface area contributed by atoms with Crippen LogP contribution in [0.25, 0.3) is 0 Å². The van der Waals surface area contributed by atoms with Crippen LogP contribution in [0.2, 0.25) is 0 Å². The molecule has 0 aromatic carbocycles. The van der Waals surface area contributed by atoms with E-state index in [-0.39, 0.29) is 24.8 Å². The molecular formula is C16H25N3O4. The van der Waals surface area contributed by atoms with Gasteiger partial charge in [-0.1, -0.05) is 0 Å². The average molecular weight is 323 g/mol. The van der Waals surface area contributed by atoms with Crippen LogP contribution in [0.15, 0.2) is 24.5 Å². The molecule has 1 rings (SSSR count). The van der Waals surface area contributed by atoms with Gasteiger partial charge in [0.15, 0.2) is 0 Å². The van der Waals surface area contributed by atoms with E-state index in [0.717, 1.165) is 5.56 Å². The number of hydrogen-bond acceptors (Lipinski definition) is 5. The van der Waals surface area contributed by atoms with Crippen LogP contribution in [0.1, 0.15) is 25.8 Å². The maximum atomic E-state index is 11.8. The molecule has 0 saturated heterocycles. The summed E-state index contributed by atoms with van der Waals surface area (Å²) in [6, 6.07) is 3.67. The van der Waals surface area contributed by atoms with Crippen molar-refractivity contribution in [2.45, 2.75) is 32.9 Å². The fourth-order valence-electron chi connectivity index (χ4n) is 1.74. The minimum atomic E-state index is -0.560. The Balaban J connectivity index is 2.10. The molecule has 128 valence electrons. The van der Waals surface area contributed by atoms with Gasteiger partial charge in [-0.2, -0.15) is 0 Å². The van der Waals surface area contributed by atoms with Crippen LogP contribution in [-0.2, 0) is 25.6 Å². The third-order valence-corrected chi connectivity index (χ3v) is 3.06. The highest BCUT2D eigenvalue weighted by Gasteiger charge is 2.13. The highest BCUT2D eigenvalue weighted by atomic mass is 16.5. The molecule has 1 atom stereocenters. The minimum Gasteiger partial charge on any atom is -0.379 e. The summed E-state index contributed by atoms with van der Waals surface area (Å²) in [5, 5.41) is 5.46. The van der Waals surface area contributed by atoms with E-state index < -0.39 is 6.10 Å². The summed E-state index contributed by atoms with van der Waals surface area (Å²) in [6.07, 6.45) is 3.02. The van der Waals surface area contributed by atoms with E-state index >= 15 is 0 Å². The van der Waals surface area contributed by atoms with Gasteiger partial charge in [-0.3, -0.25) is 14.6 Å². The van der Waals surface area contributed by atoms with E-state index in [1.807, 2.05) is 19.1 Å². The van der Waals surface area contributed by atoms with Gasteiger partial charge in [-0.25, -0.2) is 0 Å². The highest BCUT2D eigenvalue weighted by molar-refractivity contribution is 5.81. The van der Waals surface area contributed by atoms with Crippen molar-refractivity contribution in [1.82, 2.24) is 15.6 Å². The molecule has 0 aliphatic heterocycles. The van der Waals surface area contributed by atoms with Crippen LogP contribution >= 0.6 is 0 Å². The second-order valence-electron chi connectivity index (χ2n) is 4.88. The molecule has 0 aliphatic carbocycles. The molecule has 2 amide bonds. The first-order chi connectivity index (χ1) is 11.1. The molecule has 7 heteroatoms. The van der Waals surface area contributed by atoms with Gasteiger partial charge in [0.05, 0.1) is 13.2 Å². The lowest BCUT2D eigenvalue weighted by atomic mass is 10.2. The number of rotatable bonds is 11. The van der Waals surface area contributed by atoms with Gasteiger partial charge in [-0.15, -0.1) is 0 Å². The fraction of sp³-hybridized carbons (Fsp3) is 0.562. The minimum absolute atomic E-state index is 0.118. The molecule has 23 heavy (non-hydrogen) atoms. The first-order valence-corrected chi connectivity index (χ1v) is 7.76. The van der Waals surface area contributed by atoms with E-state index in [2.05, 4.69) is 15.6 Å². The van der Waals surface area contributed by atoms with Gasteiger partial charge in [0, 0.05) is 38.5 Å². The Morgan fingerprint density at radius 2 is 1.96 bits per heavy atom. The summed E-state index contributed by atoms with van der Waals surface area (Å²) < 4.78 is 10.5. The van der Waals surface area contributed by atoms with Crippen LogP contribution in [0, 0.1) is 0 Å². The summed E-state index contributed by atoms with van der Waals surface area (Å²) in [4.78, 5) is 27.3. The molecular weight excluding hydrogens is 298 g/mol.